The van der Waals surface area contributed by atoms with Crippen molar-refractivity contribution in [3.05, 3.63) is 88.4 Å². The fourth-order valence-electron chi connectivity index (χ4n) is 4.45. The summed E-state index contributed by atoms with van der Waals surface area (Å²) >= 11 is 1.12. The van der Waals surface area contributed by atoms with Crippen LogP contribution in [-0.4, -0.2) is 36.4 Å². The van der Waals surface area contributed by atoms with Crippen molar-refractivity contribution in [3.63, 3.8) is 0 Å². The number of hydrogen-bond donors (Lipinski definition) is 2. The summed E-state index contributed by atoms with van der Waals surface area (Å²) in [4.78, 5) is 30.4. The van der Waals surface area contributed by atoms with Crippen molar-refractivity contribution in [2.75, 3.05) is 12.1 Å². The number of carbonyl (C=O) groups excluding carboxylic acids is 2. The molecule has 1 atom stereocenters. The second kappa shape index (κ2) is 12.8. The molecule has 0 saturated heterocycles. The Labute approximate surface area is 253 Å². The van der Waals surface area contributed by atoms with Gasteiger partial charge >= 0.3 is 0 Å². The highest BCUT2D eigenvalue weighted by Gasteiger charge is 2.30. The van der Waals surface area contributed by atoms with E-state index in [9.17, 15) is 18.0 Å². The highest BCUT2D eigenvalue weighted by molar-refractivity contribution is 7.90. The van der Waals surface area contributed by atoms with Gasteiger partial charge in [-0.1, -0.05) is 45.4 Å². The lowest BCUT2D eigenvalue weighted by Gasteiger charge is -2.22. The van der Waals surface area contributed by atoms with Crippen LogP contribution in [0.1, 0.15) is 66.3 Å². The fourth-order valence-corrected chi connectivity index (χ4v) is 5.82. The SMILES string of the molecule is CCCc1cc(C(=O)Nc2ncsn2)ccc1OC(C(=O)NS(=O)(=O)c1ccc(C(C)C)cc1)c1ccc2c(c1)OCO2. The van der Waals surface area contributed by atoms with Crippen LogP contribution in [0.2, 0.25) is 0 Å². The summed E-state index contributed by atoms with van der Waals surface area (Å²) in [5.74, 6) is 0.343. The number of aromatic nitrogens is 2. The van der Waals surface area contributed by atoms with Crippen molar-refractivity contribution in [1.82, 2.24) is 14.1 Å². The minimum absolute atomic E-state index is 0.0256. The zero-order chi connectivity index (χ0) is 30.6. The van der Waals surface area contributed by atoms with Crippen LogP contribution < -0.4 is 24.2 Å². The molecule has 224 valence electrons. The molecule has 0 bridgehead atoms. The van der Waals surface area contributed by atoms with E-state index in [0.29, 0.717) is 40.4 Å². The van der Waals surface area contributed by atoms with Gasteiger partial charge in [-0.3, -0.25) is 14.9 Å². The van der Waals surface area contributed by atoms with Gasteiger partial charge < -0.3 is 14.2 Å². The van der Waals surface area contributed by atoms with Gasteiger partial charge in [0.1, 0.15) is 11.3 Å². The van der Waals surface area contributed by atoms with Crippen molar-refractivity contribution in [2.45, 2.75) is 50.5 Å². The number of nitrogens with one attached hydrogen (secondary N) is 2. The molecule has 1 aliphatic rings. The number of fused-ring (bicyclic) bond motifs is 1. The molecule has 1 aromatic heterocycles. The Kier molecular flexibility index (Phi) is 8.92. The van der Waals surface area contributed by atoms with Crippen LogP contribution in [0.15, 0.2) is 71.1 Å². The standard InChI is InChI=1S/C30H30N4O7S2/c1-4-5-20-14-22(28(35)32-30-31-16-42-33-30)9-12-24(20)41-27(21-8-13-25-26(15-21)40-17-39-25)29(36)34-43(37,38)23-10-6-19(7-11-23)18(2)3/h6-16,18,27H,4-5,17H2,1-3H3,(H,34,36)(H,32,33,35). The molecular formula is C30H30N4O7S2. The minimum atomic E-state index is -4.22. The summed E-state index contributed by atoms with van der Waals surface area (Å²) in [6.45, 7) is 6.00. The van der Waals surface area contributed by atoms with Gasteiger partial charge in [0.15, 0.2) is 11.5 Å². The second-order valence-electron chi connectivity index (χ2n) is 10.1. The first-order chi connectivity index (χ1) is 20.6. The lowest BCUT2D eigenvalue weighted by molar-refractivity contribution is -0.126. The van der Waals surface area contributed by atoms with Gasteiger partial charge in [-0.15, -0.1) is 0 Å². The topological polar surface area (TPSA) is 146 Å². The zero-order valence-electron chi connectivity index (χ0n) is 23.7. The fraction of sp³-hybridized carbons (Fsp3) is 0.267. The van der Waals surface area contributed by atoms with E-state index in [-0.39, 0.29) is 23.6 Å². The summed E-state index contributed by atoms with van der Waals surface area (Å²) in [5.41, 5.74) is 3.84. The van der Waals surface area contributed by atoms with Gasteiger partial charge in [0.05, 0.1) is 4.90 Å². The third-order valence-corrected chi connectivity index (χ3v) is 8.54. The van der Waals surface area contributed by atoms with E-state index in [0.717, 1.165) is 23.5 Å². The molecule has 4 aromatic rings. The van der Waals surface area contributed by atoms with E-state index in [4.69, 9.17) is 14.2 Å². The number of rotatable bonds is 11. The summed E-state index contributed by atoms with van der Waals surface area (Å²) in [7, 11) is -4.22. The van der Waals surface area contributed by atoms with E-state index in [1.165, 1.54) is 17.6 Å². The third kappa shape index (κ3) is 6.95. The summed E-state index contributed by atoms with van der Waals surface area (Å²) in [6, 6.07) is 16.0. The van der Waals surface area contributed by atoms with Gasteiger partial charge in [-0.25, -0.2) is 18.1 Å². The number of ether oxygens (including phenoxy) is 3. The van der Waals surface area contributed by atoms with Gasteiger partial charge in [-0.2, -0.15) is 4.37 Å². The number of sulfonamides is 1. The Morgan fingerprint density at radius 1 is 1.00 bits per heavy atom. The average Bonchev–Trinajstić information content (AvgIpc) is 3.68. The Bertz CT molecular complexity index is 1720. The smallest absolute Gasteiger partial charge is 0.279 e. The molecule has 0 saturated carbocycles. The molecular weight excluding hydrogens is 592 g/mol. The molecule has 0 spiro atoms. The maximum Gasteiger partial charge on any atom is 0.279 e. The lowest BCUT2D eigenvalue weighted by atomic mass is 10.0. The van der Waals surface area contributed by atoms with Crippen LogP contribution >= 0.6 is 11.5 Å². The van der Waals surface area contributed by atoms with Crippen LogP contribution in [0.25, 0.3) is 0 Å². The maximum absolute atomic E-state index is 13.7. The molecule has 2 heterocycles. The van der Waals surface area contributed by atoms with E-state index in [1.807, 2.05) is 20.8 Å². The number of anilines is 1. The van der Waals surface area contributed by atoms with E-state index < -0.39 is 27.9 Å². The van der Waals surface area contributed by atoms with E-state index >= 15 is 0 Å². The normalized spacial score (nSPS) is 13.0. The van der Waals surface area contributed by atoms with Crippen molar-refractivity contribution in [2.24, 2.45) is 0 Å². The van der Waals surface area contributed by atoms with Crippen molar-refractivity contribution in [3.8, 4) is 17.2 Å². The van der Waals surface area contributed by atoms with Crippen molar-refractivity contribution >= 4 is 39.3 Å². The van der Waals surface area contributed by atoms with Gasteiger partial charge in [0, 0.05) is 11.1 Å². The number of hydrogen-bond acceptors (Lipinski definition) is 10. The largest absolute Gasteiger partial charge is 0.475 e. The molecule has 1 unspecified atom stereocenters. The van der Waals surface area contributed by atoms with Gasteiger partial charge in [0.2, 0.25) is 18.8 Å². The number of nitrogens with zero attached hydrogens (tertiary/aromatic N) is 2. The minimum Gasteiger partial charge on any atom is -0.475 e. The van der Waals surface area contributed by atoms with Crippen LogP contribution in [0, 0.1) is 0 Å². The summed E-state index contributed by atoms with van der Waals surface area (Å²) < 4.78 is 49.8. The maximum atomic E-state index is 13.7. The Hall–Kier alpha value is -4.49. The zero-order valence-corrected chi connectivity index (χ0v) is 25.3. The predicted molar refractivity (Wildman–Crippen MR) is 160 cm³/mol. The van der Waals surface area contributed by atoms with Gasteiger partial charge in [0.25, 0.3) is 21.8 Å². The number of aryl methyl sites for hydroxylation is 1. The van der Waals surface area contributed by atoms with E-state index in [2.05, 4.69) is 19.4 Å². The van der Waals surface area contributed by atoms with Gasteiger partial charge in [-0.05, 0) is 77.5 Å². The second-order valence-corrected chi connectivity index (χ2v) is 12.4. The third-order valence-electron chi connectivity index (χ3n) is 6.70. The Morgan fingerprint density at radius 3 is 2.44 bits per heavy atom. The number of amides is 2. The highest BCUT2D eigenvalue weighted by Crippen LogP contribution is 2.36. The molecule has 2 N–H and O–H groups in total. The molecule has 0 fully saturated rings. The molecule has 3 aromatic carbocycles. The number of carbonyl (C=O) groups is 2. The molecule has 1 aliphatic heterocycles. The van der Waals surface area contributed by atoms with Crippen molar-refractivity contribution < 1.29 is 32.2 Å². The average molecular weight is 623 g/mol. The van der Waals surface area contributed by atoms with Crippen LogP contribution in [0.3, 0.4) is 0 Å². The van der Waals surface area contributed by atoms with Crippen LogP contribution in [0.5, 0.6) is 17.2 Å². The lowest BCUT2D eigenvalue weighted by Crippen LogP contribution is -2.37. The quantitative estimate of drug-likeness (QED) is 0.230. The predicted octanol–water partition coefficient (Wildman–Crippen LogP) is 5.22. The monoisotopic (exact) mass is 622 g/mol. The van der Waals surface area contributed by atoms with Crippen molar-refractivity contribution in [1.29, 1.82) is 0 Å². The molecule has 13 heteroatoms. The molecule has 2 amide bonds. The Morgan fingerprint density at radius 2 is 1.74 bits per heavy atom. The summed E-state index contributed by atoms with van der Waals surface area (Å²) in [5, 5.41) is 2.64. The molecule has 11 nitrogen and oxygen atoms in total. The summed E-state index contributed by atoms with van der Waals surface area (Å²) in [6.07, 6.45) is -0.133. The molecule has 43 heavy (non-hydrogen) atoms. The molecule has 0 radical (unpaired) electrons. The molecule has 5 rings (SSSR count). The van der Waals surface area contributed by atoms with Crippen LogP contribution in [0.4, 0.5) is 5.95 Å². The van der Waals surface area contributed by atoms with Crippen LogP contribution in [-0.2, 0) is 21.2 Å². The Balaban J connectivity index is 1.45. The highest BCUT2D eigenvalue weighted by atomic mass is 32.2. The number of benzene rings is 3. The first-order valence-corrected chi connectivity index (χ1v) is 15.9. The first-order valence-electron chi connectivity index (χ1n) is 13.6. The first kappa shape index (κ1) is 30.0. The molecule has 0 aliphatic carbocycles. The van der Waals surface area contributed by atoms with E-state index in [1.54, 1.807) is 48.5 Å².